The van der Waals surface area contributed by atoms with Gasteiger partial charge in [-0.2, -0.15) is 0 Å². The van der Waals surface area contributed by atoms with Crippen LogP contribution >= 0.6 is 0 Å². The summed E-state index contributed by atoms with van der Waals surface area (Å²) in [5.74, 6) is 0.792. The third kappa shape index (κ3) is 5.84. The Bertz CT molecular complexity index is 2860. The Hall–Kier alpha value is -6.90. The maximum Gasteiger partial charge on any atom is 0.0619 e. The minimum atomic E-state index is 0.387. The summed E-state index contributed by atoms with van der Waals surface area (Å²) in [7, 11) is 0. The number of fused-ring (bicyclic) bond motifs is 5. The number of aromatic nitrogens is 1. The van der Waals surface area contributed by atoms with E-state index in [4.69, 9.17) is 0 Å². The van der Waals surface area contributed by atoms with Gasteiger partial charge in [-0.15, -0.1) is 0 Å². The van der Waals surface area contributed by atoms with Crippen LogP contribution < -0.4 is 4.90 Å². The summed E-state index contributed by atoms with van der Waals surface area (Å²) in [6.45, 7) is 2.32. The van der Waals surface area contributed by atoms with Crippen LogP contribution in [0.1, 0.15) is 24.0 Å². The molecule has 0 radical (unpaired) electrons. The van der Waals surface area contributed by atoms with E-state index in [0.29, 0.717) is 11.8 Å². The van der Waals surface area contributed by atoms with E-state index in [-0.39, 0.29) is 0 Å². The molecular formula is C53H40N2. The first kappa shape index (κ1) is 32.7. The molecule has 0 amide bonds. The van der Waals surface area contributed by atoms with Crippen molar-refractivity contribution in [3.63, 3.8) is 0 Å². The van der Waals surface area contributed by atoms with Gasteiger partial charge in [0.15, 0.2) is 0 Å². The first-order chi connectivity index (χ1) is 27.2. The summed E-state index contributed by atoms with van der Waals surface area (Å²) < 4.78 is 2.43. The molecule has 2 heteroatoms. The van der Waals surface area contributed by atoms with E-state index in [1.54, 1.807) is 0 Å². The van der Waals surface area contributed by atoms with E-state index >= 15 is 0 Å². The van der Waals surface area contributed by atoms with Crippen LogP contribution in [0.5, 0.6) is 0 Å². The molecule has 0 saturated carbocycles. The SMILES string of the molecule is CC1C=C(c2ccc(N(c3ccc(-n4c5ccccc5c5ccc6ccccc6c54)cc3)c3ccccc3-c3ccccc3)cc2)C=CC1c1ccccc1. The van der Waals surface area contributed by atoms with Crippen LogP contribution in [0.4, 0.5) is 17.1 Å². The Kier molecular flexibility index (Phi) is 8.22. The number of benzene rings is 8. The van der Waals surface area contributed by atoms with Gasteiger partial charge >= 0.3 is 0 Å². The number of allylic oxidation sites excluding steroid dienone is 4. The second-order valence-electron chi connectivity index (χ2n) is 14.6. The van der Waals surface area contributed by atoms with Crippen molar-refractivity contribution < 1.29 is 0 Å². The van der Waals surface area contributed by atoms with Crippen LogP contribution in [0.15, 0.2) is 212 Å². The van der Waals surface area contributed by atoms with Crippen molar-refractivity contribution in [2.75, 3.05) is 4.90 Å². The predicted octanol–water partition coefficient (Wildman–Crippen LogP) is 14.4. The van der Waals surface area contributed by atoms with Gasteiger partial charge in [-0.1, -0.05) is 171 Å². The lowest BCUT2D eigenvalue weighted by Gasteiger charge is -2.28. The molecule has 0 spiro atoms. The van der Waals surface area contributed by atoms with Crippen molar-refractivity contribution in [3.8, 4) is 16.8 Å². The minimum absolute atomic E-state index is 0.387. The number of nitrogens with zero attached hydrogens (tertiary/aromatic N) is 2. The van der Waals surface area contributed by atoms with Crippen molar-refractivity contribution in [3.05, 3.63) is 223 Å². The Morgan fingerprint density at radius 2 is 1.13 bits per heavy atom. The van der Waals surface area contributed by atoms with Gasteiger partial charge in [0.1, 0.15) is 0 Å². The molecule has 0 bridgehead atoms. The number of rotatable bonds is 7. The molecule has 0 fully saturated rings. The molecular weight excluding hydrogens is 665 g/mol. The van der Waals surface area contributed by atoms with Crippen LogP contribution in [0.25, 0.3) is 55.0 Å². The van der Waals surface area contributed by atoms with Gasteiger partial charge < -0.3 is 9.47 Å². The predicted molar refractivity (Wildman–Crippen MR) is 234 cm³/mol. The van der Waals surface area contributed by atoms with Gasteiger partial charge in [-0.25, -0.2) is 0 Å². The van der Waals surface area contributed by atoms with Gasteiger partial charge in [0.2, 0.25) is 0 Å². The zero-order valence-corrected chi connectivity index (χ0v) is 30.8. The van der Waals surface area contributed by atoms with Crippen molar-refractivity contribution in [1.29, 1.82) is 0 Å². The number of hydrogen-bond donors (Lipinski definition) is 0. The lowest BCUT2D eigenvalue weighted by Crippen LogP contribution is -2.12. The third-order valence-corrected chi connectivity index (χ3v) is 11.3. The highest BCUT2D eigenvalue weighted by Gasteiger charge is 2.21. The molecule has 8 aromatic carbocycles. The van der Waals surface area contributed by atoms with E-state index < -0.39 is 0 Å². The van der Waals surface area contributed by atoms with Crippen molar-refractivity contribution in [1.82, 2.24) is 4.57 Å². The first-order valence-corrected chi connectivity index (χ1v) is 19.2. The normalized spacial score (nSPS) is 15.4. The first-order valence-electron chi connectivity index (χ1n) is 19.2. The standard InChI is InChI=1S/C53H40N2/c1-37-36-42(27-34-46(37)39-14-4-2-5-15-39)38-24-28-43(29-25-38)54(51-22-12-10-19-47(51)40-16-6-3-7-17-40)44-30-32-45(33-31-44)55-52-23-13-11-21-49(52)50-35-26-41-18-8-9-20-48(41)53(50)55/h2-37,46H,1H3. The molecule has 0 saturated heterocycles. The lowest BCUT2D eigenvalue weighted by atomic mass is 9.81. The van der Waals surface area contributed by atoms with E-state index in [1.807, 2.05) is 0 Å². The summed E-state index contributed by atoms with van der Waals surface area (Å²) in [6, 6.07) is 70.4. The average molecular weight is 705 g/mol. The van der Waals surface area contributed by atoms with Crippen molar-refractivity contribution in [2.24, 2.45) is 5.92 Å². The number of anilines is 3. The fourth-order valence-electron chi connectivity index (χ4n) is 8.62. The summed E-state index contributed by atoms with van der Waals surface area (Å²) in [5.41, 5.74) is 13.2. The third-order valence-electron chi connectivity index (χ3n) is 11.3. The average Bonchev–Trinajstić information content (AvgIpc) is 3.60. The molecule has 10 rings (SSSR count). The maximum absolute atomic E-state index is 2.43. The van der Waals surface area contributed by atoms with E-state index in [1.165, 1.54) is 60.4 Å². The summed E-state index contributed by atoms with van der Waals surface area (Å²) >= 11 is 0. The molecule has 1 heterocycles. The molecule has 55 heavy (non-hydrogen) atoms. The zero-order chi connectivity index (χ0) is 36.7. The molecule has 0 aliphatic heterocycles. The Morgan fingerprint density at radius 1 is 0.491 bits per heavy atom. The van der Waals surface area contributed by atoms with Crippen LogP contribution in [-0.2, 0) is 0 Å². The molecule has 2 nitrogen and oxygen atoms in total. The largest absolute Gasteiger partial charge is 0.310 e. The van der Waals surface area contributed by atoms with Gasteiger partial charge in [-0.05, 0) is 82.1 Å². The van der Waals surface area contributed by atoms with Crippen molar-refractivity contribution in [2.45, 2.75) is 12.8 Å². The molecule has 0 N–H and O–H groups in total. The van der Waals surface area contributed by atoms with Gasteiger partial charge in [-0.3, -0.25) is 0 Å². The Balaban J connectivity index is 1.08. The number of hydrogen-bond acceptors (Lipinski definition) is 1. The van der Waals surface area contributed by atoms with E-state index in [0.717, 1.165) is 22.7 Å². The van der Waals surface area contributed by atoms with Crippen LogP contribution in [0.3, 0.4) is 0 Å². The second kappa shape index (κ2) is 13.8. The van der Waals surface area contributed by atoms with Crippen molar-refractivity contribution >= 4 is 55.2 Å². The lowest BCUT2D eigenvalue weighted by molar-refractivity contribution is 0.638. The monoisotopic (exact) mass is 704 g/mol. The molecule has 1 aliphatic rings. The van der Waals surface area contributed by atoms with Gasteiger partial charge in [0.25, 0.3) is 0 Å². The Morgan fingerprint density at radius 3 is 1.89 bits per heavy atom. The highest BCUT2D eigenvalue weighted by atomic mass is 15.1. The summed E-state index contributed by atoms with van der Waals surface area (Å²) in [5, 5.41) is 5.03. The molecule has 2 atom stereocenters. The molecule has 262 valence electrons. The quantitative estimate of drug-likeness (QED) is 0.160. The van der Waals surface area contributed by atoms with Crippen LogP contribution in [0.2, 0.25) is 0 Å². The topological polar surface area (TPSA) is 8.17 Å². The highest BCUT2D eigenvalue weighted by molar-refractivity contribution is 6.18. The number of para-hydroxylation sites is 2. The second-order valence-corrected chi connectivity index (χ2v) is 14.6. The fourth-order valence-corrected chi connectivity index (χ4v) is 8.62. The fraction of sp³-hybridized carbons (Fsp3) is 0.0566. The molecule has 1 aliphatic carbocycles. The maximum atomic E-state index is 2.43. The van der Waals surface area contributed by atoms with E-state index in [2.05, 4.69) is 229 Å². The van der Waals surface area contributed by atoms with E-state index in [9.17, 15) is 0 Å². The molecule has 1 aromatic heterocycles. The highest BCUT2D eigenvalue weighted by Crippen LogP contribution is 2.43. The van der Waals surface area contributed by atoms with Gasteiger partial charge in [0, 0.05) is 44.7 Å². The van der Waals surface area contributed by atoms with Crippen LogP contribution in [-0.4, -0.2) is 4.57 Å². The Labute approximate surface area is 322 Å². The summed E-state index contributed by atoms with van der Waals surface area (Å²) in [4.78, 5) is 2.40. The minimum Gasteiger partial charge on any atom is -0.310 e. The van der Waals surface area contributed by atoms with Crippen LogP contribution in [0, 0.1) is 5.92 Å². The summed E-state index contributed by atoms with van der Waals surface area (Å²) in [6.07, 6.45) is 7.09. The molecule has 2 unspecified atom stereocenters. The zero-order valence-electron chi connectivity index (χ0n) is 30.8. The molecule has 9 aromatic rings. The van der Waals surface area contributed by atoms with Gasteiger partial charge in [0.05, 0.1) is 16.7 Å². The smallest absolute Gasteiger partial charge is 0.0619 e.